The first kappa shape index (κ1) is 20.4. The van der Waals surface area contributed by atoms with Crippen molar-refractivity contribution in [1.29, 1.82) is 0 Å². The lowest BCUT2D eigenvalue weighted by Crippen LogP contribution is -2.35. The summed E-state index contributed by atoms with van der Waals surface area (Å²) in [7, 11) is -4.00. The summed E-state index contributed by atoms with van der Waals surface area (Å²) in [5.74, 6) is -0.786. The first-order valence-corrected chi connectivity index (χ1v) is 11.1. The van der Waals surface area contributed by atoms with Gasteiger partial charge in [-0.2, -0.15) is 0 Å². The summed E-state index contributed by atoms with van der Waals surface area (Å²) in [5.41, 5.74) is 2.31. The zero-order valence-corrected chi connectivity index (χ0v) is 17.5. The van der Waals surface area contributed by atoms with Crippen LogP contribution in [0.4, 0.5) is 15.8 Å². The van der Waals surface area contributed by atoms with E-state index in [-0.39, 0.29) is 27.6 Å². The second-order valence-corrected chi connectivity index (χ2v) is 9.20. The van der Waals surface area contributed by atoms with Gasteiger partial charge < -0.3 is 4.90 Å². The van der Waals surface area contributed by atoms with Crippen LogP contribution in [0.1, 0.15) is 22.8 Å². The molecule has 1 aliphatic heterocycles. The van der Waals surface area contributed by atoms with Gasteiger partial charge in [0.15, 0.2) is 0 Å². The predicted molar refractivity (Wildman–Crippen MR) is 115 cm³/mol. The molecular formula is C22H18ClFN2O3S. The molecule has 154 valence electrons. The van der Waals surface area contributed by atoms with Gasteiger partial charge in [0.05, 0.1) is 15.6 Å². The number of fused-ring (bicyclic) bond motifs is 1. The van der Waals surface area contributed by atoms with Gasteiger partial charge in [0.1, 0.15) is 5.82 Å². The van der Waals surface area contributed by atoms with Crippen LogP contribution in [0.25, 0.3) is 0 Å². The molecule has 0 spiro atoms. The van der Waals surface area contributed by atoms with Crippen LogP contribution >= 0.6 is 11.6 Å². The van der Waals surface area contributed by atoms with E-state index in [1.54, 1.807) is 11.0 Å². The molecule has 0 saturated carbocycles. The molecule has 3 aromatic carbocycles. The maximum absolute atomic E-state index is 13.2. The standard InChI is InChI=1S/C22H18ClFN2O3S/c1-14-12-15-4-2-3-5-21(15)26(14)22(27)16-6-11-19(23)20(13-16)25-30(28,29)18-9-7-17(24)8-10-18/h2-11,13-14,25H,12H2,1H3/t14-/m1/s1. The van der Waals surface area contributed by atoms with Crippen molar-refractivity contribution in [2.45, 2.75) is 24.3 Å². The smallest absolute Gasteiger partial charge is 0.261 e. The third kappa shape index (κ3) is 3.78. The molecule has 8 heteroatoms. The molecule has 4 rings (SSSR count). The van der Waals surface area contributed by atoms with Gasteiger partial charge in [0, 0.05) is 17.3 Å². The number of carbonyl (C=O) groups is 1. The predicted octanol–water partition coefficient (Wildman–Crippen LogP) is 4.87. The largest absolute Gasteiger partial charge is 0.305 e. The zero-order chi connectivity index (χ0) is 21.5. The Bertz CT molecular complexity index is 1230. The van der Waals surface area contributed by atoms with Crippen molar-refractivity contribution in [3.05, 3.63) is 88.7 Å². The van der Waals surface area contributed by atoms with Gasteiger partial charge in [-0.25, -0.2) is 12.8 Å². The number of halogens is 2. The SMILES string of the molecule is C[C@@H]1Cc2ccccc2N1C(=O)c1ccc(Cl)c(NS(=O)(=O)c2ccc(F)cc2)c1. The molecule has 0 unspecified atom stereocenters. The van der Waals surface area contributed by atoms with Gasteiger partial charge in [0.2, 0.25) is 0 Å². The molecule has 1 atom stereocenters. The fourth-order valence-electron chi connectivity index (χ4n) is 3.57. The highest BCUT2D eigenvalue weighted by Gasteiger charge is 2.31. The van der Waals surface area contributed by atoms with Gasteiger partial charge in [-0.1, -0.05) is 29.8 Å². The molecular weight excluding hydrogens is 427 g/mol. The fraction of sp³-hybridized carbons (Fsp3) is 0.136. The zero-order valence-electron chi connectivity index (χ0n) is 16.0. The normalized spacial score (nSPS) is 15.7. The van der Waals surface area contributed by atoms with Gasteiger partial charge >= 0.3 is 0 Å². The number of carbonyl (C=O) groups excluding carboxylic acids is 1. The minimum atomic E-state index is -4.00. The topological polar surface area (TPSA) is 66.5 Å². The molecule has 0 aromatic heterocycles. The highest BCUT2D eigenvalue weighted by molar-refractivity contribution is 7.92. The molecule has 1 amide bonds. The Balaban J connectivity index is 1.65. The van der Waals surface area contributed by atoms with Crippen LogP contribution < -0.4 is 9.62 Å². The molecule has 30 heavy (non-hydrogen) atoms. The first-order chi connectivity index (χ1) is 14.3. The Hall–Kier alpha value is -2.90. The molecule has 0 aliphatic carbocycles. The third-order valence-corrected chi connectivity index (χ3v) is 6.72. The van der Waals surface area contributed by atoms with E-state index >= 15 is 0 Å². The van der Waals surface area contributed by atoms with Crippen molar-refractivity contribution in [3.63, 3.8) is 0 Å². The number of rotatable bonds is 4. The van der Waals surface area contributed by atoms with Gasteiger partial charge in [-0.05, 0) is 67.4 Å². The van der Waals surface area contributed by atoms with Crippen LogP contribution in [0.5, 0.6) is 0 Å². The van der Waals surface area contributed by atoms with Crippen LogP contribution in [0.15, 0.2) is 71.6 Å². The summed E-state index contributed by atoms with van der Waals surface area (Å²) in [6.07, 6.45) is 0.750. The highest BCUT2D eigenvalue weighted by Crippen LogP contribution is 2.34. The number of hydrogen-bond acceptors (Lipinski definition) is 3. The Labute approximate surface area is 179 Å². The van der Waals surface area contributed by atoms with Crippen molar-refractivity contribution in [3.8, 4) is 0 Å². The summed E-state index contributed by atoms with van der Waals surface area (Å²) in [6, 6.07) is 16.6. The van der Waals surface area contributed by atoms with Crippen molar-refractivity contribution < 1.29 is 17.6 Å². The Morgan fingerprint density at radius 2 is 1.80 bits per heavy atom. The second-order valence-electron chi connectivity index (χ2n) is 7.11. The lowest BCUT2D eigenvalue weighted by Gasteiger charge is -2.23. The number of sulfonamides is 1. The van der Waals surface area contributed by atoms with Crippen LogP contribution in [-0.2, 0) is 16.4 Å². The van der Waals surface area contributed by atoms with E-state index in [4.69, 9.17) is 11.6 Å². The van der Waals surface area contributed by atoms with Crippen molar-refractivity contribution in [2.75, 3.05) is 9.62 Å². The van der Waals surface area contributed by atoms with Crippen LogP contribution in [0, 0.1) is 5.82 Å². The van der Waals surface area contributed by atoms with Crippen LogP contribution in [-0.4, -0.2) is 20.4 Å². The summed E-state index contributed by atoms with van der Waals surface area (Å²) in [4.78, 5) is 14.8. The second kappa shape index (κ2) is 7.74. The van der Waals surface area contributed by atoms with Gasteiger partial charge in [0.25, 0.3) is 15.9 Å². The molecule has 0 fully saturated rings. The van der Waals surface area contributed by atoms with E-state index in [0.29, 0.717) is 5.56 Å². The Morgan fingerprint density at radius 3 is 2.53 bits per heavy atom. The molecule has 1 aliphatic rings. The summed E-state index contributed by atoms with van der Waals surface area (Å²) >= 11 is 6.18. The molecule has 1 N–H and O–H groups in total. The minimum Gasteiger partial charge on any atom is -0.305 e. The highest BCUT2D eigenvalue weighted by atomic mass is 35.5. The van der Waals surface area contributed by atoms with Gasteiger partial charge in [-0.15, -0.1) is 0 Å². The van der Waals surface area contributed by atoms with Crippen LogP contribution in [0.3, 0.4) is 0 Å². The van der Waals surface area contributed by atoms with E-state index in [1.165, 1.54) is 12.1 Å². The number of amides is 1. The maximum Gasteiger partial charge on any atom is 0.261 e. The summed E-state index contributed by atoms with van der Waals surface area (Å²) in [6.45, 7) is 1.96. The van der Waals surface area contributed by atoms with Crippen molar-refractivity contribution in [1.82, 2.24) is 0 Å². The van der Waals surface area contributed by atoms with Gasteiger partial charge in [-0.3, -0.25) is 9.52 Å². The number of anilines is 2. The monoisotopic (exact) mass is 444 g/mol. The molecule has 3 aromatic rings. The summed E-state index contributed by atoms with van der Waals surface area (Å²) in [5, 5.41) is 0.145. The average molecular weight is 445 g/mol. The van der Waals surface area contributed by atoms with E-state index in [1.807, 2.05) is 31.2 Å². The fourth-order valence-corrected chi connectivity index (χ4v) is 4.86. The first-order valence-electron chi connectivity index (χ1n) is 9.25. The van der Waals surface area contributed by atoms with E-state index in [0.717, 1.165) is 41.9 Å². The molecule has 0 bridgehead atoms. The average Bonchev–Trinajstić information content (AvgIpc) is 3.05. The van der Waals surface area contributed by atoms with Crippen molar-refractivity contribution >= 4 is 38.9 Å². The molecule has 0 radical (unpaired) electrons. The number of benzene rings is 3. The van der Waals surface area contributed by atoms with E-state index in [2.05, 4.69) is 4.72 Å². The Morgan fingerprint density at radius 1 is 1.10 bits per heavy atom. The van der Waals surface area contributed by atoms with E-state index in [9.17, 15) is 17.6 Å². The minimum absolute atomic E-state index is 0.0232. The number of hydrogen-bond donors (Lipinski definition) is 1. The van der Waals surface area contributed by atoms with E-state index < -0.39 is 15.8 Å². The number of para-hydroxylation sites is 1. The third-order valence-electron chi connectivity index (χ3n) is 5.01. The number of nitrogens with zero attached hydrogens (tertiary/aromatic N) is 1. The quantitative estimate of drug-likeness (QED) is 0.624. The van der Waals surface area contributed by atoms with Crippen LogP contribution in [0.2, 0.25) is 5.02 Å². The number of nitrogens with one attached hydrogen (secondary N) is 1. The summed E-state index contributed by atoms with van der Waals surface area (Å²) < 4.78 is 40.8. The lowest BCUT2D eigenvalue weighted by atomic mass is 10.1. The van der Waals surface area contributed by atoms with Crippen molar-refractivity contribution in [2.24, 2.45) is 0 Å². The molecule has 0 saturated heterocycles. The lowest BCUT2D eigenvalue weighted by molar-refractivity contribution is 0.0981. The molecule has 5 nitrogen and oxygen atoms in total. The Kier molecular flexibility index (Phi) is 5.26. The molecule has 1 heterocycles. The maximum atomic E-state index is 13.2.